The third kappa shape index (κ3) is 8.23. The maximum atomic E-state index is 6.13. The second-order valence-electron chi connectivity index (χ2n) is 8.09. The molecule has 0 spiro atoms. The van der Waals surface area contributed by atoms with Gasteiger partial charge in [-0.1, -0.05) is 18.2 Å². The Morgan fingerprint density at radius 3 is 2.63 bits per heavy atom. The lowest BCUT2D eigenvalue weighted by atomic mass is 10.1. The second kappa shape index (κ2) is 14.1. The van der Waals surface area contributed by atoms with Gasteiger partial charge in [0, 0.05) is 52.6 Å². The molecule has 0 amide bonds. The molecule has 2 saturated heterocycles. The van der Waals surface area contributed by atoms with Gasteiger partial charge >= 0.3 is 0 Å². The minimum atomic E-state index is 0. The Balaban J connectivity index is 0.00000320. The zero-order valence-electron chi connectivity index (χ0n) is 18.6. The monoisotopic (exact) mass is 530 g/mol. The highest BCUT2D eigenvalue weighted by Gasteiger charge is 2.23. The number of guanidine groups is 1. The number of rotatable bonds is 8. The second-order valence-corrected chi connectivity index (χ2v) is 8.09. The molecule has 1 unspecified atom stereocenters. The molecule has 6 nitrogen and oxygen atoms in total. The van der Waals surface area contributed by atoms with E-state index in [1.807, 2.05) is 7.05 Å². The summed E-state index contributed by atoms with van der Waals surface area (Å²) < 4.78 is 11.9. The molecule has 3 rings (SSSR count). The number of nitrogens with zero attached hydrogens (tertiary/aromatic N) is 3. The van der Waals surface area contributed by atoms with Gasteiger partial charge in [-0.2, -0.15) is 0 Å². The highest BCUT2D eigenvalue weighted by atomic mass is 127. The van der Waals surface area contributed by atoms with Gasteiger partial charge in [0.05, 0.1) is 18.8 Å². The Labute approximate surface area is 199 Å². The predicted octanol–water partition coefficient (Wildman–Crippen LogP) is 3.76. The van der Waals surface area contributed by atoms with Crippen LogP contribution in [0.15, 0.2) is 35.3 Å². The molecule has 0 saturated carbocycles. The summed E-state index contributed by atoms with van der Waals surface area (Å²) in [6, 6.07) is 10.5. The van der Waals surface area contributed by atoms with Crippen LogP contribution in [0.3, 0.4) is 0 Å². The first-order valence-electron chi connectivity index (χ1n) is 11.2. The van der Waals surface area contributed by atoms with Crippen LogP contribution in [-0.4, -0.2) is 76.6 Å². The van der Waals surface area contributed by atoms with Crippen LogP contribution in [0.4, 0.5) is 5.69 Å². The van der Waals surface area contributed by atoms with Crippen LogP contribution in [-0.2, 0) is 9.47 Å². The van der Waals surface area contributed by atoms with Crippen LogP contribution in [0, 0.1) is 0 Å². The van der Waals surface area contributed by atoms with E-state index in [-0.39, 0.29) is 24.0 Å². The number of likely N-dealkylation sites (tertiary alicyclic amines) is 1. The lowest BCUT2D eigenvalue weighted by molar-refractivity contribution is -0.0721. The van der Waals surface area contributed by atoms with Crippen molar-refractivity contribution in [2.75, 3.05) is 58.4 Å². The lowest BCUT2D eigenvalue weighted by Gasteiger charge is -2.35. The molecule has 2 heterocycles. The van der Waals surface area contributed by atoms with Crippen molar-refractivity contribution >= 4 is 35.6 Å². The molecule has 0 aromatic heterocycles. The van der Waals surface area contributed by atoms with Crippen LogP contribution in [0.1, 0.15) is 38.5 Å². The highest BCUT2D eigenvalue weighted by Crippen LogP contribution is 2.18. The molecule has 2 fully saturated rings. The molecule has 7 heteroatoms. The minimum absolute atomic E-state index is 0. The number of ether oxygens (including phenoxy) is 2. The standard InChI is InChI=1S/C23H38N4O2.HI/c1-24-23(25-14-8-15-26(2)20-9-4-3-5-10-20)27-16-12-21(13-17-27)29-19-22-11-6-7-18-28-22;/h3-5,9-10,21-22H,6-8,11-19H2,1-2H3,(H,24,25);1H. The van der Waals surface area contributed by atoms with E-state index in [4.69, 9.17) is 9.47 Å². The molecule has 0 aliphatic carbocycles. The first-order valence-corrected chi connectivity index (χ1v) is 11.2. The SMILES string of the molecule is CN=C(NCCCN(C)c1ccccc1)N1CCC(OCC2CCCCO2)CC1.I. The molecule has 170 valence electrons. The third-order valence-corrected chi connectivity index (χ3v) is 5.90. The van der Waals surface area contributed by atoms with E-state index in [1.165, 1.54) is 18.5 Å². The van der Waals surface area contributed by atoms with Crippen molar-refractivity contribution in [3.8, 4) is 0 Å². The van der Waals surface area contributed by atoms with Crippen LogP contribution in [0.2, 0.25) is 0 Å². The smallest absolute Gasteiger partial charge is 0.193 e. The first-order chi connectivity index (χ1) is 14.3. The lowest BCUT2D eigenvalue weighted by Crippen LogP contribution is -2.47. The number of benzene rings is 1. The normalized spacial score (nSPS) is 20.5. The number of hydrogen-bond acceptors (Lipinski definition) is 4. The van der Waals surface area contributed by atoms with Crippen LogP contribution in [0.25, 0.3) is 0 Å². The van der Waals surface area contributed by atoms with E-state index in [1.54, 1.807) is 0 Å². The van der Waals surface area contributed by atoms with Gasteiger partial charge in [-0.25, -0.2) is 0 Å². The number of para-hydroxylation sites is 1. The van der Waals surface area contributed by atoms with E-state index in [2.05, 4.69) is 57.5 Å². The molecule has 1 atom stereocenters. The van der Waals surface area contributed by atoms with Crippen molar-refractivity contribution in [3.63, 3.8) is 0 Å². The van der Waals surface area contributed by atoms with Crippen molar-refractivity contribution < 1.29 is 9.47 Å². The minimum Gasteiger partial charge on any atom is -0.376 e. The van der Waals surface area contributed by atoms with Crippen molar-refractivity contribution in [1.82, 2.24) is 10.2 Å². The van der Waals surface area contributed by atoms with Gasteiger partial charge in [-0.05, 0) is 50.7 Å². The van der Waals surface area contributed by atoms with Crippen molar-refractivity contribution in [1.29, 1.82) is 0 Å². The molecule has 2 aliphatic rings. The zero-order valence-corrected chi connectivity index (χ0v) is 20.9. The Bertz CT molecular complexity index is 602. The summed E-state index contributed by atoms with van der Waals surface area (Å²) in [5.41, 5.74) is 1.26. The van der Waals surface area contributed by atoms with Crippen LogP contribution >= 0.6 is 24.0 Å². The summed E-state index contributed by atoms with van der Waals surface area (Å²) in [6.07, 6.45) is 7.48. The van der Waals surface area contributed by atoms with E-state index in [9.17, 15) is 0 Å². The van der Waals surface area contributed by atoms with Crippen LogP contribution < -0.4 is 10.2 Å². The molecule has 0 bridgehead atoms. The zero-order chi connectivity index (χ0) is 20.3. The third-order valence-electron chi connectivity index (χ3n) is 5.90. The topological polar surface area (TPSA) is 49.3 Å². The van der Waals surface area contributed by atoms with Crippen LogP contribution in [0.5, 0.6) is 0 Å². The van der Waals surface area contributed by atoms with E-state index < -0.39 is 0 Å². The van der Waals surface area contributed by atoms with Gasteiger partial charge in [0.1, 0.15) is 0 Å². The summed E-state index contributed by atoms with van der Waals surface area (Å²) in [4.78, 5) is 9.14. The molecule has 2 aliphatic heterocycles. The van der Waals surface area contributed by atoms with Gasteiger partial charge in [-0.3, -0.25) is 4.99 Å². The Morgan fingerprint density at radius 1 is 1.20 bits per heavy atom. The fourth-order valence-electron chi connectivity index (χ4n) is 4.08. The molecular formula is C23H39IN4O2. The van der Waals surface area contributed by atoms with Crippen molar-refractivity contribution in [2.24, 2.45) is 4.99 Å². The Morgan fingerprint density at radius 2 is 1.97 bits per heavy atom. The molecular weight excluding hydrogens is 491 g/mol. The van der Waals surface area contributed by atoms with E-state index in [0.29, 0.717) is 12.2 Å². The average molecular weight is 530 g/mol. The molecule has 1 aromatic carbocycles. The average Bonchev–Trinajstić information content (AvgIpc) is 2.79. The number of halogens is 1. The largest absolute Gasteiger partial charge is 0.376 e. The highest BCUT2D eigenvalue weighted by molar-refractivity contribution is 14.0. The van der Waals surface area contributed by atoms with E-state index in [0.717, 1.165) is 71.0 Å². The number of piperidine rings is 1. The quantitative estimate of drug-likeness (QED) is 0.240. The fourth-order valence-corrected chi connectivity index (χ4v) is 4.08. The van der Waals surface area contributed by atoms with Crippen molar-refractivity contribution in [2.45, 2.75) is 50.7 Å². The predicted molar refractivity (Wildman–Crippen MR) is 135 cm³/mol. The Hall–Kier alpha value is -1.06. The number of anilines is 1. The van der Waals surface area contributed by atoms with E-state index >= 15 is 0 Å². The summed E-state index contributed by atoms with van der Waals surface area (Å²) >= 11 is 0. The summed E-state index contributed by atoms with van der Waals surface area (Å²) in [5.74, 6) is 1.02. The molecule has 1 N–H and O–H groups in total. The molecule has 30 heavy (non-hydrogen) atoms. The van der Waals surface area contributed by atoms with Gasteiger partial charge in [0.2, 0.25) is 0 Å². The number of hydrogen-bond donors (Lipinski definition) is 1. The maximum Gasteiger partial charge on any atom is 0.193 e. The van der Waals surface area contributed by atoms with Gasteiger partial charge in [0.15, 0.2) is 5.96 Å². The first kappa shape index (κ1) is 25.2. The van der Waals surface area contributed by atoms with Crippen molar-refractivity contribution in [3.05, 3.63) is 30.3 Å². The van der Waals surface area contributed by atoms with Gasteiger partial charge in [-0.15, -0.1) is 24.0 Å². The summed E-state index contributed by atoms with van der Waals surface area (Å²) in [6.45, 7) is 5.61. The maximum absolute atomic E-state index is 6.13. The molecule has 0 radical (unpaired) electrons. The fraction of sp³-hybridized carbons (Fsp3) is 0.696. The van der Waals surface area contributed by atoms with Gasteiger partial charge < -0.3 is 24.6 Å². The number of aliphatic imine (C=N–C) groups is 1. The van der Waals surface area contributed by atoms with Gasteiger partial charge in [0.25, 0.3) is 0 Å². The summed E-state index contributed by atoms with van der Waals surface area (Å²) in [7, 11) is 4.02. The number of nitrogens with one attached hydrogen (secondary N) is 1. The Kier molecular flexibility index (Phi) is 11.8. The summed E-state index contributed by atoms with van der Waals surface area (Å²) in [5, 5.41) is 3.53. The molecule has 1 aromatic rings.